The number of likely N-dealkylation sites (tertiary alicyclic amines) is 1. The third-order valence-corrected chi connectivity index (χ3v) is 10.9. The lowest BCUT2D eigenvalue weighted by Crippen LogP contribution is -2.59. The molecule has 0 bridgehead atoms. The summed E-state index contributed by atoms with van der Waals surface area (Å²) in [5.74, 6) is -0.265. The van der Waals surface area contributed by atoms with E-state index in [4.69, 9.17) is 28.4 Å². The Balaban J connectivity index is 1.36. The number of hydrogen-bond donors (Lipinski definition) is 5. The maximum atomic E-state index is 14.4. The third kappa shape index (κ3) is 12.5. The quantitative estimate of drug-likeness (QED) is 0.114. The van der Waals surface area contributed by atoms with Crippen LogP contribution in [0.5, 0.6) is 5.75 Å². The Hall–Kier alpha value is -4.49. The molecular weight excluding hydrogens is 742 g/mol. The molecular formula is C39H59N7O11. The topological polar surface area (TPSA) is 215 Å². The van der Waals surface area contributed by atoms with Crippen LogP contribution in [0.2, 0.25) is 0 Å². The predicted molar refractivity (Wildman–Crippen MR) is 205 cm³/mol. The number of cyclic esters (lactones) is 1. The summed E-state index contributed by atoms with van der Waals surface area (Å²) in [6.45, 7) is 2.79. The van der Waals surface area contributed by atoms with Crippen molar-refractivity contribution in [2.24, 2.45) is 5.92 Å². The molecule has 3 fully saturated rings. The van der Waals surface area contributed by atoms with E-state index in [2.05, 4.69) is 25.9 Å². The molecule has 2 aliphatic heterocycles. The number of aromatic amines is 1. The molecule has 1 aromatic carbocycles. The van der Waals surface area contributed by atoms with Gasteiger partial charge in [-0.05, 0) is 37.0 Å². The molecule has 7 unspecified atom stereocenters. The predicted octanol–water partition coefficient (Wildman–Crippen LogP) is 1.72. The van der Waals surface area contributed by atoms with Crippen molar-refractivity contribution >= 4 is 23.9 Å². The van der Waals surface area contributed by atoms with Crippen LogP contribution in [0, 0.1) is 5.92 Å². The zero-order valence-electron chi connectivity index (χ0n) is 33.4. The fourth-order valence-electron chi connectivity index (χ4n) is 7.66. The molecule has 5 rings (SSSR count). The fourth-order valence-corrected chi connectivity index (χ4v) is 7.66. The third-order valence-electron chi connectivity index (χ3n) is 10.9. The Morgan fingerprint density at radius 3 is 2.14 bits per heavy atom. The van der Waals surface area contributed by atoms with Gasteiger partial charge < -0.3 is 64.3 Å². The van der Waals surface area contributed by atoms with Gasteiger partial charge in [-0.25, -0.2) is 14.6 Å². The normalized spacial score (nSPS) is 22.1. The lowest BCUT2D eigenvalue weighted by molar-refractivity contribution is -0.139. The number of carbonyl (C=O) groups excluding carboxylic acids is 4. The van der Waals surface area contributed by atoms with E-state index in [9.17, 15) is 24.3 Å². The Kier molecular flexibility index (Phi) is 16.7. The van der Waals surface area contributed by atoms with Crippen LogP contribution in [0.4, 0.5) is 9.59 Å². The van der Waals surface area contributed by atoms with Crippen molar-refractivity contribution in [3.8, 4) is 5.75 Å². The molecule has 57 heavy (non-hydrogen) atoms. The maximum absolute atomic E-state index is 14.4. The van der Waals surface area contributed by atoms with Gasteiger partial charge in [-0.2, -0.15) is 0 Å². The van der Waals surface area contributed by atoms with Crippen molar-refractivity contribution in [3.63, 3.8) is 0 Å². The lowest BCUT2D eigenvalue weighted by atomic mass is 9.83. The second kappa shape index (κ2) is 21.9. The molecule has 3 heterocycles. The van der Waals surface area contributed by atoms with Crippen molar-refractivity contribution in [3.05, 3.63) is 48.0 Å². The molecule has 2 aromatic rings. The van der Waals surface area contributed by atoms with Crippen molar-refractivity contribution in [2.75, 3.05) is 61.1 Å². The van der Waals surface area contributed by atoms with E-state index in [0.717, 1.165) is 37.7 Å². The summed E-state index contributed by atoms with van der Waals surface area (Å²) >= 11 is 0. The van der Waals surface area contributed by atoms with Crippen LogP contribution in [-0.2, 0) is 46.1 Å². The number of imidazole rings is 1. The lowest BCUT2D eigenvalue weighted by Gasteiger charge is -2.33. The Bertz CT molecular complexity index is 1540. The van der Waals surface area contributed by atoms with Gasteiger partial charge in [0.1, 0.15) is 55.8 Å². The van der Waals surface area contributed by atoms with E-state index in [1.54, 1.807) is 37.6 Å². The summed E-state index contributed by atoms with van der Waals surface area (Å²) in [5, 5.41) is 20.5. The van der Waals surface area contributed by atoms with Crippen LogP contribution in [-0.4, -0.2) is 152 Å². The highest BCUT2D eigenvalue weighted by molar-refractivity contribution is 5.92. The average Bonchev–Trinajstić information content (AvgIpc) is 3.99. The summed E-state index contributed by atoms with van der Waals surface area (Å²) in [6.07, 6.45) is 5.28. The number of H-pyrrole nitrogens is 1. The van der Waals surface area contributed by atoms with Gasteiger partial charge in [0.2, 0.25) is 11.8 Å². The first kappa shape index (κ1) is 43.6. The number of carbonyl (C=O) groups is 4. The molecule has 1 saturated carbocycles. The van der Waals surface area contributed by atoms with Gasteiger partial charge in [-0.1, -0.05) is 44.2 Å². The number of likely N-dealkylation sites (N-methyl/N-ethyl adjacent to an activating group) is 1. The number of nitrogens with zero attached hydrogens (tertiary/aromatic N) is 3. The Labute approximate surface area is 333 Å². The van der Waals surface area contributed by atoms with Crippen LogP contribution in [0.1, 0.15) is 56.7 Å². The van der Waals surface area contributed by atoms with E-state index in [1.807, 2.05) is 6.92 Å². The zero-order chi connectivity index (χ0) is 40.7. The second-order valence-corrected chi connectivity index (χ2v) is 14.8. The number of rotatable bonds is 21. The number of hydrogen-bond acceptors (Lipinski definition) is 12. The Morgan fingerprint density at radius 2 is 1.56 bits per heavy atom. The summed E-state index contributed by atoms with van der Waals surface area (Å²) in [4.78, 5) is 65.1. The molecule has 316 valence electrons. The van der Waals surface area contributed by atoms with E-state index in [1.165, 1.54) is 30.3 Å². The Morgan fingerprint density at radius 1 is 0.912 bits per heavy atom. The molecule has 0 spiro atoms. The number of methoxy groups -OCH3 is 3. The van der Waals surface area contributed by atoms with E-state index in [-0.39, 0.29) is 52.0 Å². The SMILES string of the molecule is CCN1CC(C(O)C(CC2CCCCC2)NC(=O)C(Cc2cnc[nH]2)NC(=O)C(Cc2ccc(OC)cc2)NC(=O)N2CC(OCOC)C(OCOC)C2)OC1=O. The van der Waals surface area contributed by atoms with Crippen LogP contribution in [0.15, 0.2) is 36.8 Å². The molecule has 7 atom stereocenters. The highest BCUT2D eigenvalue weighted by Gasteiger charge is 2.42. The fraction of sp³-hybridized carbons (Fsp3) is 0.667. The summed E-state index contributed by atoms with van der Waals surface area (Å²) < 4.78 is 32.5. The second-order valence-electron chi connectivity index (χ2n) is 14.8. The monoisotopic (exact) mass is 801 g/mol. The standard InChI is InChI=1S/C39H59N7O11/c1-5-45-21-34(57-39(45)51)35(47)29(15-25-9-7-6-8-10-25)42-37(49)31(17-27-18-40-22-41-27)43-36(48)30(16-26-11-13-28(54-4)14-12-26)44-38(50)46-19-32(55-23-52-2)33(20-46)56-24-53-3/h11-14,18,22,25,29-35,47H,5-10,15-17,19-21,23-24H2,1-4H3,(H,40,41)(H,42,49)(H,43,48)(H,44,50). The summed E-state index contributed by atoms with van der Waals surface area (Å²) in [5.41, 5.74) is 1.32. The van der Waals surface area contributed by atoms with Gasteiger partial charge in [0.25, 0.3) is 0 Å². The smallest absolute Gasteiger partial charge is 0.410 e. The number of urea groups is 1. The number of ether oxygens (including phenoxy) is 6. The highest BCUT2D eigenvalue weighted by Crippen LogP contribution is 2.30. The molecule has 0 radical (unpaired) electrons. The first-order chi connectivity index (χ1) is 27.6. The van der Waals surface area contributed by atoms with Gasteiger partial charge >= 0.3 is 12.1 Å². The zero-order valence-corrected chi connectivity index (χ0v) is 33.4. The van der Waals surface area contributed by atoms with Crippen LogP contribution >= 0.6 is 0 Å². The molecule has 18 heteroatoms. The molecule has 1 aliphatic carbocycles. The molecule has 5 N–H and O–H groups in total. The van der Waals surface area contributed by atoms with E-state index < -0.39 is 66.5 Å². The van der Waals surface area contributed by atoms with Crippen LogP contribution in [0.25, 0.3) is 0 Å². The number of benzene rings is 1. The first-order valence-corrected chi connectivity index (χ1v) is 19.7. The van der Waals surface area contributed by atoms with E-state index in [0.29, 0.717) is 24.4 Å². The molecule has 18 nitrogen and oxygen atoms in total. The minimum Gasteiger partial charge on any atom is -0.497 e. The highest BCUT2D eigenvalue weighted by atomic mass is 16.7. The summed E-state index contributed by atoms with van der Waals surface area (Å²) in [7, 11) is 4.55. The van der Waals surface area contributed by atoms with E-state index >= 15 is 0 Å². The molecule has 1 aromatic heterocycles. The molecule has 3 aliphatic rings. The van der Waals surface area contributed by atoms with Crippen molar-refractivity contribution < 1.29 is 52.7 Å². The van der Waals surface area contributed by atoms with Gasteiger partial charge in [-0.3, -0.25) is 9.59 Å². The number of aliphatic hydroxyl groups is 1. The van der Waals surface area contributed by atoms with Crippen LogP contribution < -0.4 is 20.7 Å². The van der Waals surface area contributed by atoms with Crippen molar-refractivity contribution in [1.29, 1.82) is 0 Å². The first-order valence-electron chi connectivity index (χ1n) is 19.7. The minimum absolute atomic E-state index is 0.00319. The van der Waals surface area contributed by atoms with Crippen molar-refractivity contribution in [1.82, 2.24) is 35.7 Å². The number of aliphatic hydroxyl groups excluding tert-OH is 1. The number of nitrogens with one attached hydrogen (secondary N) is 4. The largest absolute Gasteiger partial charge is 0.497 e. The molecule has 2 saturated heterocycles. The average molecular weight is 802 g/mol. The van der Waals surface area contributed by atoms with Gasteiger partial charge in [0.05, 0.1) is 39.1 Å². The maximum Gasteiger partial charge on any atom is 0.410 e. The molecule has 5 amide bonds. The van der Waals surface area contributed by atoms with Crippen LogP contribution in [0.3, 0.4) is 0 Å². The van der Waals surface area contributed by atoms with Gasteiger partial charge in [0.15, 0.2) is 0 Å². The van der Waals surface area contributed by atoms with Crippen molar-refractivity contribution in [2.45, 2.75) is 101 Å². The van der Waals surface area contributed by atoms with Gasteiger partial charge in [-0.15, -0.1) is 0 Å². The summed E-state index contributed by atoms with van der Waals surface area (Å²) in [6, 6.07) is 3.56. The van der Waals surface area contributed by atoms with Gasteiger partial charge in [0, 0.05) is 45.5 Å². The number of aromatic nitrogens is 2. The number of amides is 5. The minimum atomic E-state index is -1.18.